The Hall–Kier alpha value is -3.16. The lowest BCUT2D eigenvalue weighted by Crippen LogP contribution is -2.51. The molecule has 6 nitrogen and oxygen atoms in total. The van der Waals surface area contributed by atoms with Gasteiger partial charge in [0.2, 0.25) is 0 Å². The molecule has 1 amide bonds. The lowest BCUT2D eigenvalue weighted by Gasteiger charge is -2.30. The molecule has 1 atom stereocenters. The monoisotopic (exact) mass is 379 g/mol. The molecular weight excluding hydrogens is 360 g/mol. The number of halogens is 2. The average Bonchev–Trinajstić information content (AvgIpc) is 2.65. The second kappa shape index (κ2) is 8.48. The first-order chi connectivity index (χ1) is 12.8. The predicted molar refractivity (Wildman–Crippen MR) is 93.1 cm³/mol. The van der Waals surface area contributed by atoms with E-state index < -0.39 is 24.0 Å². The molecule has 0 fully saturated rings. The molecule has 2 aromatic carbocycles. The molecule has 27 heavy (non-hydrogen) atoms. The summed E-state index contributed by atoms with van der Waals surface area (Å²) in [6, 6.07) is 11.9. The van der Waals surface area contributed by atoms with Gasteiger partial charge in [-0.2, -0.15) is 8.78 Å². The number of carboxylic acids is 1. The van der Waals surface area contributed by atoms with Crippen molar-refractivity contribution >= 4 is 11.9 Å². The molecule has 0 aliphatic heterocycles. The Morgan fingerprint density at radius 2 is 1.81 bits per heavy atom. The van der Waals surface area contributed by atoms with Gasteiger partial charge in [0.05, 0.1) is 7.11 Å². The third kappa shape index (κ3) is 4.33. The molecule has 2 aromatic rings. The van der Waals surface area contributed by atoms with Crippen LogP contribution in [-0.4, -0.2) is 30.7 Å². The number of hydrogen-bond donors (Lipinski definition) is 2. The lowest BCUT2D eigenvalue weighted by atomic mass is 9.87. The zero-order valence-corrected chi connectivity index (χ0v) is 14.7. The van der Waals surface area contributed by atoms with Crippen LogP contribution in [0.15, 0.2) is 48.5 Å². The standard InChI is InChI=1S/C19H19F2NO5/c1-3-19(17(24)25,13-7-5-4-6-8-13)22-16(23)12-9-10-14(26-2)15(11-12)27-18(20)21/h4-11,18H,3H2,1-2H3,(H,22,23)(H,24,25). The van der Waals surface area contributed by atoms with Crippen molar-refractivity contribution in [2.45, 2.75) is 25.5 Å². The molecule has 0 aliphatic carbocycles. The number of benzene rings is 2. The van der Waals surface area contributed by atoms with Gasteiger partial charge in [0, 0.05) is 5.56 Å². The van der Waals surface area contributed by atoms with Crippen LogP contribution in [0, 0.1) is 0 Å². The smallest absolute Gasteiger partial charge is 0.387 e. The number of rotatable bonds is 8. The van der Waals surface area contributed by atoms with E-state index in [1.54, 1.807) is 37.3 Å². The van der Waals surface area contributed by atoms with Gasteiger partial charge in [-0.3, -0.25) is 4.79 Å². The summed E-state index contributed by atoms with van der Waals surface area (Å²) >= 11 is 0. The van der Waals surface area contributed by atoms with Crippen molar-refractivity contribution in [3.63, 3.8) is 0 Å². The van der Waals surface area contributed by atoms with E-state index in [2.05, 4.69) is 10.1 Å². The van der Waals surface area contributed by atoms with Crippen LogP contribution in [0.1, 0.15) is 29.3 Å². The summed E-state index contributed by atoms with van der Waals surface area (Å²) in [6.07, 6.45) is 0.0780. The predicted octanol–water partition coefficient (Wildman–Crippen LogP) is 3.42. The van der Waals surface area contributed by atoms with E-state index in [1.807, 2.05) is 0 Å². The number of ether oxygens (including phenoxy) is 2. The van der Waals surface area contributed by atoms with Crippen molar-refractivity contribution in [2.24, 2.45) is 0 Å². The van der Waals surface area contributed by atoms with Gasteiger partial charge in [0.1, 0.15) is 0 Å². The third-order valence-electron chi connectivity index (χ3n) is 4.13. The molecule has 0 aromatic heterocycles. The first kappa shape index (κ1) is 20.2. The van der Waals surface area contributed by atoms with Crippen LogP contribution in [0.25, 0.3) is 0 Å². The normalized spacial score (nSPS) is 12.9. The topological polar surface area (TPSA) is 84.9 Å². The largest absolute Gasteiger partial charge is 0.493 e. The highest BCUT2D eigenvalue weighted by Crippen LogP contribution is 2.31. The SMILES string of the molecule is CCC(NC(=O)c1ccc(OC)c(OC(F)F)c1)(C(=O)O)c1ccccc1. The van der Waals surface area contributed by atoms with E-state index in [4.69, 9.17) is 4.74 Å². The molecular formula is C19H19F2NO5. The van der Waals surface area contributed by atoms with Crippen LogP contribution in [0.5, 0.6) is 11.5 Å². The van der Waals surface area contributed by atoms with Gasteiger partial charge < -0.3 is 19.9 Å². The van der Waals surface area contributed by atoms with Crippen molar-refractivity contribution < 1.29 is 33.0 Å². The van der Waals surface area contributed by atoms with Crippen LogP contribution in [0.3, 0.4) is 0 Å². The van der Waals surface area contributed by atoms with Crippen LogP contribution in [0.2, 0.25) is 0 Å². The Bertz CT molecular complexity index is 813. The Balaban J connectivity index is 2.40. The van der Waals surface area contributed by atoms with E-state index in [9.17, 15) is 23.5 Å². The molecule has 2 N–H and O–H groups in total. The summed E-state index contributed by atoms with van der Waals surface area (Å²) in [6.45, 7) is -1.48. The summed E-state index contributed by atoms with van der Waals surface area (Å²) in [5.41, 5.74) is -1.31. The van der Waals surface area contributed by atoms with E-state index in [0.717, 1.165) is 6.07 Å². The first-order valence-corrected chi connectivity index (χ1v) is 8.08. The molecule has 0 bridgehead atoms. The quantitative estimate of drug-likeness (QED) is 0.734. The molecule has 1 unspecified atom stereocenters. The van der Waals surface area contributed by atoms with Gasteiger partial charge in [-0.25, -0.2) is 4.79 Å². The number of carboxylic acid groups (broad SMARTS) is 1. The number of nitrogens with one attached hydrogen (secondary N) is 1. The zero-order chi connectivity index (χ0) is 20.0. The van der Waals surface area contributed by atoms with E-state index in [0.29, 0.717) is 5.56 Å². The number of amides is 1. The number of aliphatic carboxylic acids is 1. The molecule has 0 saturated heterocycles. The van der Waals surface area contributed by atoms with Gasteiger partial charge in [0.15, 0.2) is 17.0 Å². The van der Waals surface area contributed by atoms with Crippen molar-refractivity contribution in [1.82, 2.24) is 5.32 Å². The van der Waals surface area contributed by atoms with Crippen molar-refractivity contribution in [2.75, 3.05) is 7.11 Å². The second-order valence-electron chi connectivity index (χ2n) is 5.63. The number of hydrogen-bond acceptors (Lipinski definition) is 4. The summed E-state index contributed by atoms with van der Waals surface area (Å²) < 4.78 is 34.4. The average molecular weight is 379 g/mol. The van der Waals surface area contributed by atoms with Gasteiger partial charge in [-0.1, -0.05) is 37.3 Å². The minimum absolute atomic E-state index is 0.0231. The Labute approximate surface area is 154 Å². The Kier molecular flexibility index (Phi) is 6.33. The molecule has 0 heterocycles. The zero-order valence-electron chi connectivity index (χ0n) is 14.7. The summed E-state index contributed by atoms with van der Waals surface area (Å²) in [4.78, 5) is 24.7. The summed E-state index contributed by atoms with van der Waals surface area (Å²) in [5.74, 6) is -2.28. The lowest BCUT2D eigenvalue weighted by molar-refractivity contribution is -0.145. The summed E-state index contributed by atoms with van der Waals surface area (Å²) in [7, 11) is 1.27. The summed E-state index contributed by atoms with van der Waals surface area (Å²) in [5, 5.41) is 12.3. The van der Waals surface area contributed by atoms with Crippen LogP contribution in [0.4, 0.5) is 8.78 Å². The fourth-order valence-electron chi connectivity index (χ4n) is 2.69. The van der Waals surface area contributed by atoms with Crippen molar-refractivity contribution in [3.05, 3.63) is 59.7 Å². The first-order valence-electron chi connectivity index (χ1n) is 8.08. The number of carbonyl (C=O) groups excluding carboxylic acids is 1. The third-order valence-corrected chi connectivity index (χ3v) is 4.13. The number of alkyl halides is 2. The number of carbonyl (C=O) groups is 2. The molecule has 144 valence electrons. The van der Waals surface area contributed by atoms with E-state index in [-0.39, 0.29) is 23.5 Å². The fraction of sp³-hybridized carbons (Fsp3) is 0.263. The molecule has 0 saturated carbocycles. The van der Waals surface area contributed by atoms with Gasteiger partial charge in [-0.05, 0) is 30.2 Å². The maximum atomic E-state index is 12.7. The van der Waals surface area contributed by atoms with Crippen molar-refractivity contribution in [3.8, 4) is 11.5 Å². The van der Waals surface area contributed by atoms with Gasteiger partial charge in [0.25, 0.3) is 5.91 Å². The highest BCUT2D eigenvalue weighted by atomic mass is 19.3. The van der Waals surface area contributed by atoms with Crippen LogP contribution in [-0.2, 0) is 10.3 Å². The van der Waals surface area contributed by atoms with Gasteiger partial charge >= 0.3 is 12.6 Å². The van der Waals surface area contributed by atoms with Crippen LogP contribution < -0.4 is 14.8 Å². The van der Waals surface area contributed by atoms with Crippen molar-refractivity contribution in [1.29, 1.82) is 0 Å². The number of methoxy groups -OCH3 is 1. The fourth-order valence-corrected chi connectivity index (χ4v) is 2.69. The highest BCUT2D eigenvalue weighted by molar-refractivity contribution is 5.98. The molecule has 0 aliphatic rings. The maximum absolute atomic E-state index is 12.7. The Morgan fingerprint density at radius 1 is 1.15 bits per heavy atom. The molecule has 2 rings (SSSR count). The van der Waals surface area contributed by atoms with E-state index >= 15 is 0 Å². The maximum Gasteiger partial charge on any atom is 0.387 e. The minimum Gasteiger partial charge on any atom is -0.493 e. The van der Waals surface area contributed by atoms with Crippen LogP contribution >= 0.6 is 0 Å². The van der Waals surface area contributed by atoms with E-state index in [1.165, 1.54) is 19.2 Å². The molecule has 0 radical (unpaired) electrons. The minimum atomic E-state index is -3.10. The highest BCUT2D eigenvalue weighted by Gasteiger charge is 2.40. The Morgan fingerprint density at radius 3 is 2.33 bits per heavy atom. The molecule has 8 heteroatoms. The molecule has 0 spiro atoms. The second-order valence-corrected chi connectivity index (χ2v) is 5.63. The van der Waals surface area contributed by atoms with Gasteiger partial charge in [-0.15, -0.1) is 0 Å².